The van der Waals surface area contributed by atoms with Gasteiger partial charge in [0, 0.05) is 11.1 Å². The smallest absolute Gasteiger partial charge is 0.225 e. The van der Waals surface area contributed by atoms with Crippen LogP contribution in [0.15, 0.2) is 42.6 Å². The van der Waals surface area contributed by atoms with Crippen LogP contribution in [0.25, 0.3) is 16.3 Å². The van der Waals surface area contributed by atoms with Crippen LogP contribution in [0.5, 0.6) is 0 Å². The lowest BCUT2D eigenvalue weighted by Gasteiger charge is -2.02. The van der Waals surface area contributed by atoms with Crippen molar-refractivity contribution in [3.63, 3.8) is 0 Å². The van der Waals surface area contributed by atoms with Gasteiger partial charge in [-0.2, -0.15) is 4.98 Å². The minimum atomic E-state index is 0.259. The molecule has 2 aromatic heterocycles. The van der Waals surface area contributed by atoms with E-state index < -0.39 is 0 Å². The second kappa shape index (κ2) is 5.61. The Kier molecular flexibility index (Phi) is 3.67. The molecule has 1 aromatic carbocycles. The third-order valence-corrected chi connectivity index (χ3v) is 3.90. The van der Waals surface area contributed by atoms with Crippen molar-refractivity contribution in [2.24, 2.45) is 0 Å². The Hall–Kier alpha value is -1.91. The van der Waals surface area contributed by atoms with Gasteiger partial charge < -0.3 is 5.32 Å². The summed E-state index contributed by atoms with van der Waals surface area (Å²) < 4.78 is 0. The SMILES string of the molecule is Cc1cc2c(NC=Cc3ccccc3)nc(Cl)nc2s1. The van der Waals surface area contributed by atoms with Gasteiger partial charge in [0.15, 0.2) is 0 Å². The predicted octanol–water partition coefficient (Wildman–Crippen LogP) is 4.74. The lowest BCUT2D eigenvalue weighted by molar-refractivity contribution is 1.23. The summed E-state index contributed by atoms with van der Waals surface area (Å²) in [6.45, 7) is 2.05. The molecule has 1 N–H and O–H groups in total. The summed E-state index contributed by atoms with van der Waals surface area (Å²) in [6.07, 6.45) is 3.85. The Balaban J connectivity index is 1.89. The van der Waals surface area contributed by atoms with Crippen molar-refractivity contribution in [1.29, 1.82) is 0 Å². The number of fused-ring (bicyclic) bond motifs is 1. The first-order valence-corrected chi connectivity index (χ1v) is 7.33. The standard InChI is InChI=1S/C15H12ClN3S/c1-10-9-12-13(18-15(16)19-14(12)20-10)17-8-7-11-5-3-2-4-6-11/h2-9H,1H3,(H,17,18,19). The van der Waals surface area contributed by atoms with E-state index >= 15 is 0 Å². The summed E-state index contributed by atoms with van der Waals surface area (Å²) in [5.74, 6) is 0.733. The van der Waals surface area contributed by atoms with E-state index in [2.05, 4.69) is 21.4 Å². The quantitative estimate of drug-likeness (QED) is 0.710. The summed E-state index contributed by atoms with van der Waals surface area (Å²) in [5.41, 5.74) is 1.12. The number of halogens is 1. The number of nitrogens with zero attached hydrogens (tertiary/aromatic N) is 2. The fourth-order valence-corrected chi connectivity index (χ4v) is 3.01. The van der Waals surface area contributed by atoms with Gasteiger partial charge in [-0.3, -0.25) is 0 Å². The van der Waals surface area contributed by atoms with Gasteiger partial charge in [0.2, 0.25) is 5.28 Å². The number of benzene rings is 1. The summed E-state index contributed by atoms with van der Waals surface area (Å²) in [4.78, 5) is 10.6. The molecular formula is C15H12ClN3S. The third kappa shape index (κ3) is 2.81. The van der Waals surface area contributed by atoms with Crippen molar-refractivity contribution in [2.75, 3.05) is 5.32 Å². The van der Waals surface area contributed by atoms with Crippen LogP contribution in [0.4, 0.5) is 5.82 Å². The summed E-state index contributed by atoms with van der Waals surface area (Å²) in [6, 6.07) is 12.1. The van der Waals surface area contributed by atoms with E-state index in [0.29, 0.717) is 0 Å². The van der Waals surface area contributed by atoms with E-state index in [1.165, 1.54) is 4.88 Å². The van der Waals surface area contributed by atoms with Gasteiger partial charge >= 0.3 is 0 Å². The number of hydrogen-bond acceptors (Lipinski definition) is 4. The maximum Gasteiger partial charge on any atom is 0.225 e. The Labute approximate surface area is 126 Å². The fourth-order valence-electron chi connectivity index (χ4n) is 1.91. The number of hydrogen-bond donors (Lipinski definition) is 1. The summed E-state index contributed by atoms with van der Waals surface area (Å²) in [7, 11) is 0. The molecule has 0 radical (unpaired) electrons. The highest BCUT2D eigenvalue weighted by atomic mass is 35.5. The Morgan fingerprint density at radius 3 is 2.80 bits per heavy atom. The molecule has 0 bridgehead atoms. The normalized spacial score (nSPS) is 11.3. The van der Waals surface area contributed by atoms with Crippen LogP contribution in [-0.4, -0.2) is 9.97 Å². The first kappa shape index (κ1) is 13.1. The monoisotopic (exact) mass is 301 g/mol. The number of anilines is 1. The van der Waals surface area contributed by atoms with E-state index in [9.17, 15) is 0 Å². The van der Waals surface area contributed by atoms with E-state index in [-0.39, 0.29) is 5.28 Å². The van der Waals surface area contributed by atoms with Gasteiger partial charge in [0.25, 0.3) is 0 Å². The van der Waals surface area contributed by atoms with Crippen LogP contribution in [0.1, 0.15) is 10.4 Å². The van der Waals surface area contributed by atoms with Crippen molar-refractivity contribution < 1.29 is 0 Å². The van der Waals surface area contributed by atoms with Crippen molar-refractivity contribution >= 4 is 45.0 Å². The van der Waals surface area contributed by atoms with Crippen LogP contribution in [0.3, 0.4) is 0 Å². The molecule has 3 aromatic rings. The van der Waals surface area contributed by atoms with Crippen LogP contribution in [-0.2, 0) is 0 Å². The second-order valence-electron chi connectivity index (χ2n) is 4.31. The summed E-state index contributed by atoms with van der Waals surface area (Å²) >= 11 is 7.56. The zero-order valence-electron chi connectivity index (χ0n) is 10.8. The van der Waals surface area contributed by atoms with Gasteiger partial charge in [-0.05, 0) is 36.2 Å². The van der Waals surface area contributed by atoms with Crippen LogP contribution >= 0.6 is 22.9 Å². The maximum absolute atomic E-state index is 5.95. The first-order chi connectivity index (χ1) is 9.72. The minimum absolute atomic E-state index is 0.259. The molecular weight excluding hydrogens is 290 g/mol. The van der Waals surface area contributed by atoms with Gasteiger partial charge in [0.1, 0.15) is 10.6 Å². The predicted molar refractivity (Wildman–Crippen MR) is 86.3 cm³/mol. The molecule has 0 saturated heterocycles. The number of nitrogens with one attached hydrogen (secondary N) is 1. The molecule has 0 aliphatic heterocycles. The summed E-state index contributed by atoms with van der Waals surface area (Å²) in [5, 5.41) is 4.44. The maximum atomic E-state index is 5.95. The van der Waals surface area contributed by atoms with Gasteiger partial charge in [-0.1, -0.05) is 30.3 Å². The Morgan fingerprint density at radius 1 is 1.20 bits per heavy atom. The second-order valence-corrected chi connectivity index (χ2v) is 5.88. The number of aryl methyl sites for hydroxylation is 1. The topological polar surface area (TPSA) is 37.8 Å². The Bertz CT molecular complexity index is 765. The van der Waals surface area contributed by atoms with Crippen molar-refractivity contribution in [1.82, 2.24) is 9.97 Å². The molecule has 0 saturated carbocycles. The fraction of sp³-hybridized carbons (Fsp3) is 0.0667. The van der Waals surface area contributed by atoms with Crippen molar-refractivity contribution in [2.45, 2.75) is 6.92 Å². The van der Waals surface area contributed by atoms with Gasteiger partial charge in [0.05, 0.1) is 5.39 Å². The third-order valence-electron chi connectivity index (χ3n) is 2.78. The van der Waals surface area contributed by atoms with Crippen LogP contribution in [0, 0.1) is 6.92 Å². The molecule has 0 aliphatic carbocycles. The zero-order chi connectivity index (χ0) is 13.9. The van der Waals surface area contributed by atoms with Gasteiger partial charge in [-0.15, -0.1) is 11.3 Å². The molecule has 20 heavy (non-hydrogen) atoms. The minimum Gasteiger partial charge on any atom is -0.346 e. The Morgan fingerprint density at radius 2 is 2.00 bits per heavy atom. The average molecular weight is 302 g/mol. The molecule has 3 rings (SSSR count). The zero-order valence-corrected chi connectivity index (χ0v) is 12.4. The van der Waals surface area contributed by atoms with E-state index in [1.54, 1.807) is 11.3 Å². The molecule has 0 spiro atoms. The molecule has 0 aliphatic rings. The molecule has 3 nitrogen and oxygen atoms in total. The molecule has 2 heterocycles. The van der Waals surface area contributed by atoms with Crippen LogP contribution < -0.4 is 5.32 Å². The number of rotatable bonds is 3. The highest BCUT2D eigenvalue weighted by Crippen LogP contribution is 2.29. The van der Waals surface area contributed by atoms with Crippen LogP contribution in [0.2, 0.25) is 5.28 Å². The van der Waals surface area contributed by atoms with Crippen molar-refractivity contribution in [3.8, 4) is 0 Å². The number of thiophene rings is 1. The largest absolute Gasteiger partial charge is 0.346 e. The molecule has 0 fully saturated rings. The lowest BCUT2D eigenvalue weighted by atomic mass is 10.2. The average Bonchev–Trinajstić information content (AvgIpc) is 2.80. The highest BCUT2D eigenvalue weighted by molar-refractivity contribution is 7.18. The lowest BCUT2D eigenvalue weighted by Crippen LogP contribution is -1.93. The highest BCUT2D eigenvalue weighted by Gasteiger charge is 2.08. The molecule has 0 atom stereocenters. The molecule has 0 amide bonds. The van der Waals surface area contributed by atoms with Gasteiger partial charge in [-0.25, -0.2) is 4.98 Å². The number of aromatic nitrogens is 2. The molecule has 5 heteroatoms. The van der Waals surface area contributed by atoms with Crippen molar-refractivity contribution in [3.05, 3.63) is 58.3 Å². The first-order valence-electron chi connectivity index (χ1n) is 6.14. The van der Waals surface area contributed by atoms with E-state index in [1.807, 2.05) is 49.5 Å². The van der Waals surface area contributed by atoms with E-state index in [4.69, 9.17) is 11.6 Å². The molecule has 0 unspecified atom stereocenters. The van der Waals surface area contributed by atoms with E-state index in [0.717, 1.165) is 21.6 Å². The molecule has 100 valence electrons.